The molecule has 2 aliphatic rings. The Morgan fingerprint density at radius 1 is 1.33 bits per heavy atom. The summed E-state index contributed by atoms with van der Waals surface area (Å²) in [6, 6.07) is 0. The maximum absolute atomic E-state index is 5.88. The predicted molar refractivity (Wildman–Crippen MR) is 50.0 cm³/mol. The molecule has 1 heterocycles. The van der Waals surface area contributed by atoms with Crippen LogP contribution in [0.4, 0.5) is 0 Å². The molecule has 0 atom stereocenters. The average Bonchev–Trinajstić information content (AvgIpc) is 2.13. The minimum atomic E-state index is 0.678. The van der Waals surface area contributed by atoms with Crippen LogP contribution in [-0.2, 0) is 0 Å². The van der Waals surface area contributed by atoms with Crippen LogP contribution in [0.1, 0.15) is 19.3 Å². The summed E-state index contributed by atoms with van der Waals surface area (Å²) in [5.74, 6) is 0.678. The fraction of sp³-hybridized carbons (Fsp3) is 0.400. The van der Waals surface area contributed by atoms with Gasteiger partial charge in [0, 0.05) is 17.8 Å². The van der Waals surface area contributed by atoms with Gasteiger partial charge in [-0.3, -0.25) is 0 Å². The van der Waals surface area contributed by atoms with Gasteiger partial charge in [-0.15, -0.1) is 0 Å². The second-order valence-corrected chi connectivity index (χ2v) is 3.36. The van der Waals surface area contributed by atoms with Crippen molar-refractivity contribution in [3.63, 3.8) is 0 Å². The molecule has 12 heavy (non-hydrogen) atoms. The van der Waals surface area contributed by atoms with E-state index < -0.39 is 0 Å². The maximum Gasteiger partial charge on any atom is 0.0513 e. The molecule has 0 aromatic rings. The number of hydrogen-bond donors (Lipinski definition) is 2. The molecule has 0 spiro atoms. The Kier molecular flexibility index (Phi) is 1.90. The van der Waals surface area contributed by atoms with Gasteiger partial charge in [0.15, 0.2) is 0 Å². The van der Waals surface area contributed by atoms with Crippen molar-refractivity contribution in [2.24, 2.45) is 11.7 Å². The molecule has 0 unspecified atom stereocenters. The van der Waals surface area contributed by atoms with E-state index in [0.29, 0.717) is 5.92 Å². The summed E-state index contributed by atoms with van der Waals surface area (Å²) in [7, 11) is 0. The Bertz CT molecular complexity index is 257. The minimum absolute atomic E-state index is 0.678. The lowest BCUT2D eigenvalue weighted by Gasteiger charge is -2.28. The van der Waals surface area contributed by atoms with Crippen LogP contribution in [-0.4, -0.2) is 0 Å². The van der Waals surface area contributed by atoms with Crippen LogP contribution in [0.3, 0.4) is 0 Å². The van der Waals surface area contributed by atoms with Crippen LogP contribution in [0.15, 0.2) is 35.8 Å². The SMILES string of the molecule is NC1=C(C2CCC2)NC=CC=C1. The maximum atomic E-state index is 5.88. The number of hydrogen-bond acceptors (Lipinski definition) is 2. The van der Waals surface area contributed by atoms with E-state index >= 15 is 0 Å². The quantitative estimate of drug-likeness (QED) is 0.615. The van der Waals surface area contributed by atoms with Crippen molar-refractivity contribution in [2.75, 3.05) is 0 Å². The predicted octanol–water partition coefficient (Wildman–Crippen LogP) is 1.63. The van der Waals surface area contributed by atoms with E-state index in [2.05, 4.69) is 5.32 Å². The van der Waals surface area contributed by atoms with Crippen molar-refractivity contribution in [3.8, 4) is 0 Å². The Morgan fingerprint density at radius 3 is 2.83 bits per heavy atom. The second kappa shape index (κ2) is 3.05. The molecule has 2 nitrogen and oxygen atoms in total. The first kappa shape index (κ1) is 7.47. The molecule has 1 aliphatic heterocycles. The smallest absolute Gasteiger partial charge is 0.0513 e. The Morgan fingerprint density at radius 2 is 2.17 bits per heavy atom. The summed E-state index contributed by atoms with van der Waals surface area (Å²) in [4.78, 5) is 0. The monoisotopic (exact) mass is 162 g/mol. The zero-order valence-electron chi connectivity index (χ0n) is 7.09. The summed E-state index contributed by atoms with van der Waals surface area (Å²) in [6.07, 6.45) is 11.8. The van der Waals surface area contributed by atoms with Crippen LogP contribution in [0.5, 0.6) is 0 Å². The molecule has 0 bridgehead atoms. The van der Waals surface area contributed by atoms with Crippen molar-refractivity contribution >= 4 is 0 Å². The third-order valence-electron chi connectivity index (χ3n) is 2.55. The molecule has 2 heteroatoms. The fourth-order valence-electron chi connectivity index (χ4n) is 1.58. The first-order valence-electron chi connectivity index (χ1n) is 4.47. The molecular formula is C10H14N2. The number of allylic oxidation sites excluding steroid dienone is 4. The Hall–Kier alpha value is -1.18. The van der Waals surface area contributed by atoms with Crippen molar-refractivity contribution in [1.82, 2.24) is 5.32 Å². The molecule has 0 saturated heterocycles. The first-order valence-corrected chi connectivity index (χ1v) is 4.47. The van der Waals surface area contributed by atoms with Gasteiger partial charge in [0.1, 0.15) is 0 Å². The summed E-state index contributed by atoms with van der Waals surface area (Å²) >= 11 is 0. The van der Waals surface area contributed by atoms with Crippen LogP contribution in [0, 0.1) is 5.92 Å². The van der Waals surface area contributed by atoms with Gasteiger partial charge in [0.25, 0.3) is 0 Å². The zero-order chi connectivity index (χ0) is 8.39. The van der Waals surface area contributed by atoms with E-state index in [1.807, 2.05) is 24.4 Å². The van der Waals surface area contributed by atoms with Crippen LogP contribution in [0.2, 0.25) is 0 Å². The molecular weight excluding hydrogens is 148 g/mol. The summed E-state index contributed by atoms with van der Waals surface area (Å²) in [6.45, 7) is 0. The number of nitrogens with one attached hydrogen (secondary N) is 1. The highest BCUT2D eigenvalue weighted by atomic mass is 14.9. The molecule has 0 amide bonds. The van der Waals surface area contributed by atoms with Gasteiger partial charge >= 0.3 is 0 Å². The largest absolute Gasteiger partial charge is 0.397 e. The van der Waals surface area contributed by atoms with E-state index in [1.165, 1.54) is 25.0 Å². The normalized spacial score (nSPS) is 23.3. The van der Waals surface area contributed by atoms with Crippen LogP contribution < -0.4 is 11.1 Å². The van der Waals surface area contributed by atoms with Gasteiger partial charge in [0.2, 0.25) is 0 Å². The minimum Gasteiger partial charge on any atom is -0.397 e. The van der Waals surface area contributed by atoms with E-state index in [-0.39, 0.29) is 0 Å². The molecule has 1 fully saturated rings. The molecule has 0 radical (unpaired) electrons. The summed E-state index contributed by atoms with van der Waals surface area (Å²) in [5.41, 5.74) is 7.99. The van der Waals surface area contributed by atoms with Gasteiger partial charge < -0.3 is 11.1 Å². The Labute approximate surface area is 72.8 Å². The van der Waals surface area contributed by atoms with Gasteiger partial charge in [0.05, 0.1) is 5.70 Å². The topological polar surface area (TPSA) is 38.0 Å². The molecule has 0 aromatic heterocycles. The van der Waals surface area contributed by atoms with Gasteiger partial charge in [-0.25, -0.2) is 0 Å². The van der Waals surface area contributed by atoms with Gasteiger partial charge in [-0.1, -0.05) is 12.5 Å². The second-order valence-electron chi connectivity index (χ2n) is 3.36. The lowest BCUT2D eigenvalue weighted by molar-refractivity contribution is 0.354. The molecule has 0 aromatic carbocycles. The van der Waals surface area contributed by atoms with Crippen LogP contribution >= 0.6 is 0 Å². The van der Waals surface area contributed by atoms with Crippen molar-refractivity contribution in [2.45, 2.75) is 19.3 Å². The third kappa shape index (κ3) is 1.24. The number of nitrogens with two attached hydrogens (primary N) is 1. The highest BCUT2D eigenvalue weighted by Gasteiger charge is 2.23. The third-order valence-corrected chi connectivity index (χ3v) is 2.55. The van der Waals surface area contributed by atoms with Crippen molar-refractivity contribution in [3.05, 3.63) is 35.8 Å². The standard InChI is InChI=1S/C10H14N2/c11-9-6-1-2-7-12-10(9)8-4-3-5-8/h1-2,6-8,12H,3-5,11H2. The van der Waals surface area contributed by atoms with E-state index in [1.54, 1.807) is 0 Å². The highest BCUT2D eigenvalue weighted by Crippen LogP contribution is 2.33. The van der Waals surface area contributed by atoms with Gasteiger partial charge in [-0.05, 0) is 25.0 Å². The molecule has 1 aliphatic carbocycles. The molecule has 2 rings (SSSR count). The van der Waals surface area contributed by atoms with E-state index in [9.17, 15) is 0 Å². The lowest BCUT2D eigenvalue weighted by atomic mass is 9.82. The van der Waals surface area contributed by atoms with E-state index in [0.717, 1.165) is 5.70 Å². The molecule has 64 valence electrons. The Balaban J connectivity index is 2.19. The fourth-order valence-corrected chi connectivity index (χ4v) is 1.58. The molecule has 1 saturated carbocycles. The van der Waals surface area contributed by atoms with Gasteiger partial charge in [-0.2, -0.15) is 0 Å². The summed E-state index contributed by atoms with van der Waals surface area (Å²) < 4.78 is 0. The van der Waals surface area contributed by atoms with E-state index in [4.69, 9.17) is 5.73 Å². The van der Waals surface area contributed by atoms with Crippen LogP contribution in [0.25, 0.3) is 0 Å². The summed E-state index contributed by atoms with van der Waals surface area (Å²) in [5, 5.41) is 3.24. The average molecular weight is 162 g/mol. The zero-order valence-corrected chi connectivity index (χ0v) is 7.09. The lowest BCUT2D eigenvalue weighted by Crippen LogP contribution is -2.24. The first-order chi connectivity index (χ1) is 5.88. The van der Waals surface area contributed by atoms with Crippen molar-refractivity contribution < 1.29 is 0 Å². The highest BCUT2D eigenvalue weighted by molar-refractivity contribution is 5.30. The molecule has 3 N–H and O–H groups in total. The number of rotatable bonds is 1. The van der Waals surface area contributed by atoms with Crippen molar-refractivity contribution in [1.29, 1.82) is 0 Å².